The summed E-state index contributed by atoms with van der Waals surface area (Å²) >= 11 is 17.3. The molecule has 2 aromatic carbocycles. The van der Waals surface area contributed by atoms with E-state index in [2.05, 4.69) is 10.9 Å². The first-order valence-electron chi connectivity index (χ1n) is 4.98. The second-order valence-corrected chi connectivity index (χ2v) is 4.73. The number of rotatable bonds is 3. The molecule has 2 nitrogen and oxygen atoms in total. The Balaban J connectivity index is 2.06. The monoisotopic (exact) mass is 304 g/mol. The highest BCUT2D eigenvalue weighted by molar-refractivity contribution is 6.42. The Hall–Kier alpha value is -1.16. The molecule has 2 aromatic rings. The minimum absolute atomic E-state index is 0.0518. The highest BCUT2D eigenvalue weighted by Gasteiger charge is 2.01. The van der Waals surface area contributed by atoms with Gasteiger partial charge in [-0.25, -0.2) is 4.39 Å². The van der Waals surface area contributed by atoms with Crippen LogP contribution in [0.3, 0.4) is 0 Å². The molecular weight excluding hydrogens is 298 g/mol. The first-order valence-corrected chi connectivity index (χ1v) is 6.12. The Morgan fingerprint density at radius 2 is 1.28 bits per heavy atom. The maximum atomic E-state index is 12.9. The molecule has 0 radical (unpaired) electrons. The molecule has 0 saturated heterocycles. The van der Waals surface area contributed by atoms with Crippen molar-refractivity contribution in [1.29, 1.82) is 0 Å². The van der Waals surface area contributed by atoms with Gasteiger partial charge >= 0.3 is 0 Å². The Morgan fingerprint density at radius 3 is 1.83 bits per heavy atom. The SMILES string of the molecule is Fc1ccc(NNc2ccc(Cl)c(Cl)c2)cc1Cl. The molecule has 0 unspecified atom stereocenters. The van der Waals surface area contributed by atoms with Crippen LogP contribution in [0.1, 0.15) is 0 Å². The van der Waals surface area contributed by atoms with Crippen LogP contribution in [0, 0.1) is 5.82 Å². The lowest BCUT2D eigenvalue weighted by atomic mass is 10.3. The van der Waals surface area contributed by atoms with Crippen molar-refractivity contribution >= 4 is 46.2 Å². The highest BCUT2D eigenvalue weighted by atomic mass is 35.5. The number of nitrogens with one attached hydrogen (secondary N) is 2. The summed E-state index contributed by atoms with van der Waals surface area (Å²) in [4.78, 5) is 0. The Bertz CT molecular complexity index is 524. The quantitative estimate of drug-likeness (QED) is 0.759. The fourth-order valence-corrected chi connectivity index (χ4v) is 1.77. The summed E-state index contributed by atoms with van der Waals surface area (Å²) in [6.07, 6.45) is 0. The van der Waals surface area contributed by atoms with Crippen LogP contribution in [0.2, 0.25) is 15.1 Å². The van der Waals surface area contributed by atoms with Gasteiger partial charge in [0, 0.05) is 0 Å². The third-order valence-corrected chi connectivity index (χ3v) is 3.22. The van der Waals surface area contributed by atoms with E-state index in [4.69, 9.17) is 34.8 Å². The van der Waals surface area contributed by atoms with Crippen molar-refractivity contribution in [3.8, 4) is 0 Å². The van der Waals surface area contributed by atoms with E-state index in [-0.39, 0.29) is 5.02 Å². The van der Waals surface area contributed by atoms with Gasteiger partial charge in [0.25, 0.3) is 0 Å². The zero-order valence-electron chi connectivity index (χ0n) is 8.98. The van der Waals surface area contributed by atoms with Gasteiger partial charge in [0.15, 0.2) is 0 Å². The van der Waals surface area contributed by atoms with Crippen LogP contribution in [0.15, 0.2) is 36.4 Å². The van der Waals surface area contributed by atoms with Crippen LogP contribution in [-0.2, 0) is 0 Å². The molecule has 0 aromatic heterocycles. The van der Waals surface area contributed by atoms with E-state index < -0.39 is 5.82 Å². The summed E-state index contributed by atoms with van der Waals surface area (Å²) in [7, 11) is 0. The molecule has 0 spiro atoms. The van der Waals surface area contributed by atoms with Crippen LogP contribution in [0.5, 0.6) is 0 Å². The lowest BCUT2D eigenvalue weighted by Crippen LogP contribution is -2.08. The van der Waals surface area contributed by atoms with E-state index in [1.807, 2.05) is 0 Å². The molecule has 18 heavy (non-hydrogen) atoms. The molecule has 0 fully saturated rings. The van der Waals surface area contributed by atoms with Crippen molar-refractivity contribution in [2.45, 2.75) is 0 Å². The summed E-state index contributed by atoms with van der Waals surface area (Å²) in [5, 5.41) is 0.976. The van der Waals surface area contributed by atoms with E-state index in [1.54, 1.807) is 24.3 Å². The minimum Gasteiger partial charge on any atom is -0.301 e. The summed E-state index contributed by atoms with van der Waals surface area (Å²) in [6, 6.07) is 9.41. The Labute approximate surface area is 119 Å². The third kappa shape index (κ3) is 3.19. The van der Waals surface area contributed by atoms with E-state index in [1.165, 1.54) is 12.1 Å². The average molecular weight is 306 g/mol. The second-order valence-electron chi connectivity index (χ2n) is 3.51. The van der Waals surface area contributed by atoms with Gasteiger partial charge < -0.3 is 10.9 Å². The molecule has 0 aliphatic carbocycles. The van der Waals surface area contributed by atoms with Gasteiger partial charge in [0.1, 0.15) is 5.82 Å². The van der Waals surface area contributed by atoms with Crippen LogP contribution >= 0.6 is 34.8 Å². The predicted molar refractivity (Wildman–Crippen MR) is 75.1 cm³/mol. The Morgan fingerprint density at radius 1 is 0.722 bits per heavy atom. The first-order chi connectivity index (χ1) is 8.56. The standard InChI is InChI=1S/C12H8Cl3FN2/c13-9-3-1-7(5-10(9)14)17-18-8-2-4-12(16)11(15)6-8/h1-6,17-18H. The van der Waals surface area contributed by atoms with Gasteiger partial charge in [-0.15, -0.1) is 0 Å². The maximum absolute atomic E-state index is 12.9. The molecule has 2 rings (SSSR count). The topological polar surface area (TPSA) is 24.1 Å². The van der Waals surface area contributed by atoms with Gasteiger partial charge in [-0.3, -0.25) is 0 Å². The zero-order chi connectivity index (χ0) is 13.1. The number of hydrogen-bond acceptors (Lipinski definition) is 2. The van der Waals surface area contributed by atoms with E-state index >= 15 is 0 Å². The summed E-state index contributed by atoms with van der Waals surface area (Å²) in [6.45, 7) is 0. The molecule has 0 atom stereocenters. The van der Waals surface area contributed by atoms with Crippen LogP contribution in [0.25, 0.3) is 0 Å². The number of halogens is 4. The van der Waals surface area contributed by atoms with E-state index in [9.17, 15) is 4.39 Å². The van der Waals surface area contributed by atoms with Crippen molar-refractivity contribution in [1.82, 2.24) is 0 Å². The number of hydrazine groups is 1. The lowest BCUT2D eigenvalue weighted by molar-refractivity contribution is 0.628. The highest BCUT2D eigenvalue weighted by Crippen LogP contribution is 2.25. The first kappa shape index (κ1) is 13.3. The maximum Gasteiger partial charge on any atom is 0.141 e. The molecule has 94 valence electrons. The normalized spacial score (nSPS) is 10.2. The molecule has 0 aliphatic heterocycles. The van der Waals surface area contributed by atoms with Crippen molar-refractivity contribution in [3.63, 3.8) is 0 Å². The second kappa shape index (κ2) is 5.65. The van der Waals surface area contributed by atoms with Gasteiger partial charge in [0.05, 0.1) is 26.4 Å². The Kier molecular flexibility index (Phi) is 4.17. The summed E-state index contributed by atoms with van der Waals surface area (Å²) < 4.78 is 12.9. The van der Waals surface area contributed by atoms with Gasteiger partial charge in [0.2, 0.25) is 0 Å². The minimum atomic E-state index is -0.461. The van der Waals surface area contributed by atoms with Gasteiger partial charge in [-0.2, -0.15) is 0 Å². The summed E-state index contributed by atoms with van der Waals surface area (Å²) in [5.74, 6) is -0.461. The number of benzene rings is 2. The lowest BCUT2D eigenvalue weighted by Gasteiger charge is -2.10. The number of hydrogen-bond donors (Lipinski definition) is 2. The molecule has 0 aliphatic rings. The van der Waals surface area contributed by atoms with Crippen LogP contribution in [-0.4, -0.2) is 0 Å². The number of anilines is 2. The summed E-state index contributed by atoms with van der Waals surface area (Å²) in [5.41, 5.74) is 7.13. The van der Waals surface area contributed by atoms with Crippen molar-refractivity contribution in [2.24, 2.45) is 0 Å². The van der Waals surface area contributed by atoms with Crippen molar-refractivity contribution in [2.75, 3.05) is 10.9 Å². The molecule has 2 N–H and O–H groups in total. The molecular formula is C12H8Cl3FN2. The molecule has 0 amide bonds. The van der Waals surface area contributed by atoms with E-state index in [0.29, 0.717) is 15.7 Å². The molecule has 6 heteroatoms. The molecule has 0 bridgehead atoms. The largest absolute Gasteiger partial charge is 0.301 e. The van der Waals surface area contributed by atoms with Crippen molar-refractivity contribution in [3.05, 3.63) is 57.3 Å². The molecule has 0 heterocycles. The van der Waals surface area contributed by atoms with Gasteiger partial charge in [-0.05, 0) is 36.4 Å². The van der Waals surface area contributed by atoms with Crippen molar-refractivity contribution < 1.29 is 4.39 Å². The predicted octanol–water partition coefficient (Wildman–Crippen LogP) is 5.22. The smallest absolute Gasteiger partial charge is 0.141 e. The zero-order valence-corrected chi connectivity index (χ0v) is 11.2. The van der Waals surface area contributed by atoms with Gasteiger partial charge in [-0.1, -0.05) is 34.8 Å². The van der Waals surface area contributed by atoms with Crippen LogP contribution < -0.4 is 10.9 Å². The average Bonchev–Trinajstić information content (AvgIpc) is 2.35. The third-order valence-electron chi connectivity index (χ3n) is 2.19. The fourth-order valence-electron chi connectivity index (χ4n) is 1.29. The van der Waals surface area contributed by atoms with Crippen LogP contribution in [0.4, 0.5) is 15.8 Å². The fraction of sp³-hybridized carbons (Fsp3) is 0. The van der Waals surface area contributed by atoms with E-state index in [0.717, 1.165) is 5.69 Å². The molecule has 0 saturated carbocycles.